The Morgan fingerprint density at radius 3 is 2.53 bits per heavy atom. The van der Waals surface area contributed by atoms with Gasteiger partial charge in [-0.1, -0.05) is 37.3 Å². The summed E-state index contributed by atoms with van der Waals surface area (Å²) in [7, 11) is 0. The lowest BCUT2D eigenvalue weighted by Gasteiger charge is -2.19. The van der Waals surface area contributed by atoms with Gasteiger partial charge in [0.1, 0.15) is 0 Å². The van der Waals surface area contributed by atoms with Crippen molar-refractivity contribution in [3.63, 3.8) is 0 Å². The highest BCUT2D eigenvalue weighted by Crippen LogP contribution is 2.34. The van der Waals surface area contributed by atoms with E-state index in [0.717, 1.165) is 19.4 Å². The lowest BCUT2D eigenvalue weighted by Crippen LogP contribution is -2.12. The summed E-state index contributed by atoms with van der Waals surface area (Å²) in [6.07, 6.45) is 2.27. The van der Waals surface area contributed by atoms with Gasteiger partial charge in [-0.15, -0.1) is 0 Å². The Bertz CT molecular complexity index is 513. The van der Waals surface area contributed by atoms with Crippen LogP contribution in [0.25, 0.3) is 0 Å². The van der Waals surface area contributed by atoms with Crippen LogP contribution in [0.2, 0.25) is 0 Å². The summed E-state index contributed by atoms with van der Waals surface area (Å²) in [4.78, 5) is 2.41. The maximum atomic E-state index is 2.41. The first-order chi connectivity index (χ1) is 8.38. The number of aryl methyl sites for hydroxylation is 1. The van der Waals surface area contributed by atoms with Gasteiger partial charge in [-0.05, 0) is 42.2 Å². The molecule has 1 nitrogen and oxygen atoms in total. The molecule has 0 bridgehead atoms. The van der Waals surface area contributed by atoms with Crippen LogP contribution in [0.3, 0.4) is 0 Å². The van der Waals surface area contributed by atoms with E-state index in [-0.39, 0.29) is 0 Å². The molecule has 17 heavy (non-hydrogen) atoms. The third-order valence-electron chi connectivity index (χ3n) is 3.54. The van der Waals surface area contributed by atoms with Gasteiger partial charge in [-0.3, -0.25) is 0 Å². The number of rotatable bonds is 2. The van der Waals surface area contributed by atoms with Crippen LogP contribution in [0.4, 0.5) is 11.4 Å². The van der Waals surface area contributed by atoms with Gasteiger partial charge in [0, 0.05) is 17.9 Å². The van der Waals surface area contributed by atoms with Gasteiger partial charge in [0.15, 0.2) is 0 Å². The summed E-state index contributed by atoms with van der Waals surface area (Å²) in [5.74, 6) is 0. The van der Waals surface area contributed by atoms with Crippen molar-refractivity contribution in [3.05, 3.63) is 59.7 Å². The number of anilines is 2. The molecule has 2 aromatic carbocycles. The van der Waals surface area contributed by atoms with Crippen molar-refractivity contribution >= 4 is 11.4 Å². The van der Waals surface area contributed by atoms with Crippen molar-refractivity contribution in [2.75, 3.05) is 11.4 Å². The predicted molar refractivity (Wildman–Crippen MR) is 73.0 cm³/mol. The summed E-state index contributed by atoms with van der Waals surface area (Å²) >= 11 is 0. The minimum absolute atomic E-state index is 1.10. The van der Waals surface area contributed by atoms with Crippen LogP contribution in [0.5, 0.6) is 0 Å². The van der Waals surface area contributed by atoms with Crippen molar-refractivity contribution in [1.82, 2.24) is 0 Å². The molecule has 0 amide bonds. The Morgan fingerprint density at radius 2 is 1.76 bits per heavy atom. The van der Waals surface area contributed by atoms with Crippen LogP contribution < -0.4 is 4.90 Å². The van der Waals surface area contributed by atoms with Gasteiger partial charge >= 0.3 is 0 Å². The van der Waals surface area contributed by atoms with Crippen LogP contribution in [0.1, 0.15) is 18.1 Å². The molecule has 86 valence electrons. The van der Waals surface area contributed by atoms with E-state index < -0.39 is 0 Å². The standard InChI is InChI=1S/C16H17N/c1-2-13-7-9-15(10-8-13)17-12-11-14-5-3-4-6-16(14)17/h3-10H,2,11-12H2,1H3. The van der Waals surface area contributed by atoms with E-state index in [9.17, 15) is 0 Å². The van der Waals surface area contributed by atoms with Gasteiger partial charge in [0.2, 0.25) is 0 Å². The minimum atomic E-state index is 1.10. The maximum absolute atomic E-state index is 2.41. The van der Waals surface area contributed by atoms with Gasteiger partial charge in [0.05, 0.1) is 0 Å². The Morgan fingerprint density at radius 1 is 1.00 bits per heavy atom. The van der Waals surface area contributed by atoms with E-state index in [2.05, 4.69) is 60.4 Å². The fraction of sp³-hybridized carbons (Fsp3) is 0.250. The van der Waals surface area contributed by atoms with Crippen molar-refractivity contribution in [2.24, 2.45) is 0 Å². The molecule has 1 heteroatoms. The number of fused-ring (bicyclic) bond motifs is 1. The average Bonchev–Trinajstić information content (AvgIpc) is 2.83. The topological polar surface area (TPSA) is 3.24 Å². The molecule has 1 aliphatic rings. The number of nitrogens with zero attached hydrogens (tertiary/aromatic N) is 1. The molecular formula is C16H17N. The molecule has 0 aliphatic carbocycles. The Kier molecular flexibility index (Phi) is 2.60. The molecular weight excluding hydrogens is 206 g/mol. The van der Waals surface area contributed by atoms with Crippen LogP contribution in [-0.4, -0.2) is 6.54 Å². The molecule has 2 aromatic rings. The zero-order valence-electron chi connectivity index (χ0n) is 10.2. The monoisotopic (exact) mass is 223 g/mol. The Hall–Kier alpha value is -1.76. The zero-order chi connectivity index (χ0) is 11.7. The molecule has 0 N–H and O–H groups in total. The summed E-state index contributed by atoms with van der Waals surface area (Å²) in [5, 5.41) is 0. The summed E-state index contributed by atoms with van der Waals surface area (Å²) < 4.78 is 0. The first-order valence-corrected chi connectivity index (χ1v) is 6.33. The van der Waals surface area contributed by atoms with Crippen molar-refractivity contribution in [3.8, 4) is 0 Å². The lowest BCUT2D eigenvalue weighted by molar-refractivity contribution is 0.996. The summed E-state index contributed by atoms with van der Waals surface area (Å²) in [5.41, 5.74) is 5.55. The fourth-order valence-electron chi connectivity index (χ4n) is 2.52. The SMILES string of the molecule is CCc1ccc(N2CCc3ccccc32)cc1. The van der Waals surface area contributed by atoms with Crippen LogP contribution in [-0.2, 0) is 12.8 Å². The number of para-hydroxylation sites is 1. The molecule has 0 saturated carbocycles. The summed E-state index contributed by atoms with van der Waals surface area (Å²) in [6, 6.07) is 17.6. The van der Waals surface area contributed by atoms with Gasteiger partial charge in [-0.25, -0.2) is 0 Å². The highest BCUT2D eigenvalue weighted by molar-refractivity contribution is 5.69. The van der Waals surface area contributed by atoms with Gasteiger partial charge < -0.3 is 4.90 Å². The molecule has 1 aliphatic heterocycles. The second-order valence-corrected chi connectivity index (χ2v) is 4.55. The van der Waals surface area contributed by atoms with E-state index in [4.69, 9.17) is 0 Å². The van der Waals surface area contributed by atoms with Crippen LogP contribution >= 0.6 is 0 Å². The highest BCUT2D eigenvalue weighted by atomic mass is 15.2. The maximum Gasteiger partial charge on any atom is 0.0444 e. The quantitative estimate of drug-likeness (QED) is 0.745. The van der Waals surface area contributed by atoms with Crippen LogP contribution in [0, 0.1) is 0 Å². The lowest BCUT2D eigenvalue weighted by atomic mass is 10.1. The average molecular weight is 223 g/mol. The molecule has 0 saturated heterocycles. The van der Waals surface area contributed by atoms with Crippen molar-refractivity contribution in [1.29, 1.82) is 0 Å². The van der Waals surface area contributed by atoms with E-state index in [1.54, 1.807) is 0 Å². The predicted octanol–water partition coefficient (Wildman–Crippen LogP) is 3.94. The number of hydrogen-bond acceptors (Lipinski definition) is 1. The first-order valence-electron chi connectivity index (χ1n) is 6.33. The minimum Gasteiger partial charge on any atom is -0.341 e. The number of benzene rings is 2. The molecule has 0 spiro atoms. The Labute approximate surface area is 103 Å². The second kappa shape index (κ2) is 4.25. The Balaban J connectivity index is 1.95. The third kappa shape index (κ3) is 1.82. The molecule has 0 aromatic heterocycles. The normalized spacial score (nSPS) is 13.8. The first kappa shape index (κ1) is 10.4. The molecule has 0 fully saturated rings. The largest absolute Gasteiger partial charge is 0.341 e. The van der Waals surface area contributed by atoms with Crippen molar-refractivity contribution < 1.29 is 0 Å². The molecule has 0 atom stereocenters. The van der Waals surface area contributed by atoms with E-state index in [0.29, 0.717) is 0 Å². The molecule has 1 heterocycles. The fourth-order valence-corrected chi connectivity index (χ4v) is 2.52. The van der Waals surface area contributed by atoms with Crippen LogP contribution in [0.15, 0.2) is 48.5 Å². The van der Waals surface area contributed by atoms with Gasteiger partial charge in [-0.2, -0.15) is 0 Å². The second-order valence-electron chi connectivity index (χ2n) is 4.55. The summed E-state index contributed by atoms with van der Waals surface area (Å²) in [6.45, 7) is 3.30. The molecule has 3 rings (SSSR count). The molecule has 0 unspecified atom stereocenters. The van der Waals surface area contributed by atoms with E-state index in [1.807, 2.05) is 0 Å². The van der Waals surface area contributed by atoms with E-state index >= 15 is 0 Å². The van der Waals surface area contributed by atoms with Crippen molar-refractivity contribution in [2.45, 2.75) is 19.8 Å². The zero-order valence-corrected chi connectivity index (χ0v) is 10.2. The highest BCUT2D eigenvalue weighted by Gasteiger charge is 2.19. The third-order valence-corrected chi connectivity index (χ3v) is 3.54. The van der Waals surface area contributed by atoms with E-state index in [1.165, 1.54) is 22.5 Å². The molecule has 0 radical (unpaired) electrons. The number of hydrogen-bond donors (Lipinski definition) is 0. The smallest absolute Gasteiger partial charge is 0.0444 e. The van der Waals surface area contributed by atoms with Gasteiger partial charge in [0.25, 0.3) is 0 Å².